The maximum atomic E-state index is 12.4. The Balaban J connectivity index is 1.36. The second kappa shape index (κ2) is 5.78. The van der Waals surface area contributed by atoms with E-state index in [1.54, 1.807) is 29.9 Å². The van der Waals surface area contributed by atoms with Crippen molar-refractivity contribution in [3.05, 3.63) is 46.7 Å². The van der Waals surface area contributed by atoms with E-state index in [4.69, 9.17) is 0 Å². The molecule has 2 saturated heterocycles. The van der Waals surface area contributed by atoms with Crippen LogP contribution in [0.5, 0.6) is 0 Å². The lowest BCUT2D eigenvalue weighted by molar-refractivity contribution is 0.0767. The fourth-order valence-electron chi connectivity index (χ4n) is 3.60. The lowest BCUT2D eigenvalue weighted by atomic mass is 10.0. The summed E-state index contributed by atoms with van der Waals surface area (Å²) in [5.41, 5.74) is 1.86. The van der Waals surface area contributed by atoms with Gasteiger partial charge in [-0.2, -0.15) is 11.3 Å². The monoisotopic (exact) mass is 314 g/mol. The third-order valence-electron chi connectivity index (χ3n) is 4.62. The molecule has 4 rings (SSSR count). The maximum absolute atomic E-state index is 12.4. The Morgan fingerprint density at radius 3 is 2.68 bits per heavy atom. The van der Waals surface area contributed by atoms with E-state index in [2.05, 4.69) is 31.7 Å². The van der Waals surface area contributed by atoms with Gasteiger partial charge in [-0.1, -0.05) is 0 Å². The Morgan fingerprint density at radius 1 is 1.23 bits per heavy atom. The largest absolute Gasteiger partial charge is 0.337 e. The SMILES string of the molecule is O=C(c1cnccn1)N1C[C@H]2CN(Cc3ccsc3)C[C@H]2C1. The molecule has 0 spiro atoms. The van der Waals surface area contributed by atoms with E-state index in [1.165, 1.54) is 5.56 Å². The molecule has 0 aromatic carbocycles. The van der Waals surface area contributed by atoms with Crippen LogP contribution in [-0.4, -0.2) is 51.9 Å². The van der Waals surface area contributed by atoms with Gasteiger partial charge in [-0.05, 0) is 34.2 Å². The molecule has 2 fully saturated rings. The van der Waals surface area contributed by atoms with Crippen LogP contribution in [0.2, 0.25) is 0 Å². The number of likely N-dealkylation sites (tertiary alicyclic amines) is 2. The van der Waals surface area contributed by atoms with Crippen molar-refractivity contribution in [2.45, 2.75) is 6.54 Å². The van der Waals surface area contributed by atoms with Crippen molar-refractivity contribution in [3.8, 4) is 0 Å². The second-order valence-corrected chi connectivity index (χ2v) is 6.93. The Bertz CT molecular complexity index is 631. The van der Waals surface area contributed by atoms with E-state index in [0.29, 0.717) is 17.5 Å². The number of carbonyl (C=O) groups is 1. The summed E-state index contributed by atoms with van der Waals surface area (Å²) in [6.45, 7) is 4.91. The zero-order valence-electron chi connectivity index (χ0n) is 12.3. The summed E-state index contributed by atoms with van der Waals surface area (Å²) in [6, 6.07) is 2.20. The van der Waals surface area contributed by atoms with Gasteiger partial charge >= 0.3 is 0 Å². The highest BCUT2D eigenvalue weighted by atomic mass is 32.1. The Kier molecular flexibility index (Phi) is 3.63. The molecule has 0 unspecified atom stereocenters. The molecule has 0 saturated carbocycles. The van der Waals surface area contributed by atoms with Gasteiger partial charge in [-0.25, -0.2) is 4.98 Å². The standard InChI is InChI=1S/C16H18N4OS/c21-16(15-5-17-2-3-18-15)20-9-13-7-19(8-14(13)10-20)6-12-1-4-22-11-12/h1-5,11,13-14H,6-10H2/t13-,14+. The van der Waals surface area contributed by atoms with Crippen LogP contribution in [0.15, 0.2) is 35.4 Å². The van der Waals surface area contributed by atoms with Crippen molar-refractivity contribution in [2.75, 3.05) is 26.2 Å². The number of rotatable bonds is 3. The molecule has 114 valence electrons. The minimum absolute atomic E-state index is 0.0203. The molecule has 2 aromatic heterocycles. The smallest absolute Gasteiger partial charge is 0.274 e. The molecule has 2 aliphatic rings. The maximum Gasteiger partial charge on any atom is 0.274 e. The summed E-state index contributed by atoms with van der Waals surface area (Å²) in [4.78, 5) is 25.0. The molecule has 2 atom stereocenters. The summed E-state index contributed by atoms with van der Waals surface area (Å²) < 4.78 is 0. The number of amides is 1. The molecule has 0 aliphatic carbocycles. The van der Waals surface area contributed by atoms with Crippen molar-refractivity contribution in [2.24, 2.45) is 11.8 Å². The first-order valence-corrected chi connectivity index (χ1v) is 8.52. The summed E-state index contributed by atoms with van der Waals surface area (Å²) in [7, 11) is 0. The minimum Gasteiger partial charge on any atom is -0.337 e. The van der Waals surface area contributed by atoms with Gasteiger partial charge in [0.15, 0.2) is 0 Å². The van der Waals surface area contributed by atoms with E-state index in [9.17, 15) is 4.79 Å². The van der Waals surface area contributed by atoms with Crippen molar-refractivity contribution in [3.63, 3.8) is 0 Å². The topological polar surface area (TPSA) is 49.3 Å². The fraction of sp³-hybridized carbons (Fsp3) is 0.438. The Hall–Kier alpha value is -1.79. The summed E-state index contributed by atoms with van der Waals surface area (Å²) in [6.07, 6.45) is 4.73. The normalized spacial score (nSPS) is 24.6. The highest BCUT2D eigenvalue weighted by Crippen LogP contribution is 2.32. The molecule has 2 aliphatic heterocycles. The molecule has 0 bridgehead atoms. The molecular formula is C16H18N4OS. The van der Waals surface area contributed by atoms with E-state index < -0.39 is 0 Å². The van der Waals surface area contributed by atoms with Crippen LogP contribution in [0.25, 0.3) is 0 Å². The number of hydrogen-bond acceptors (Lipinski definition) is 5. The summed E-state index contributed by atoms with van der Waals surface area (Å²) in [5.74, 6) is 1.21. The number of thiophene rings is 1. The second-order valence-electron chi connectivity index (χ2n) is 6.15. The highest BCUT2D eigenvalue weighted by molar-refractivity contribution is 7.07. The number of nitrogens with zero attached hydrogens (tertiary/aromatic N) is 4. The number of aromatic nitrogens is 2. The molecule has 6 heteroatoms. The van der Waals surface area contributed by atoms with Gasteiger partial charge in [0.1, 0.15) is 5.69 Å². The van der Waals surface area contributed by atoms with Crippen molar-refractivity contribution in [1.82, 2.24) is 19.8 Å². The van der Waals surface area contributed by atoms with Gasteiger partial charge < -0.3 is 4.90 Å². The first kappa shape index (κ1) is 13.8. The molecular weight excluding hydrogens is 296 g/mol. The third kappa shape index (κ3) is 2.64. The molecule has 1 amide bonds. The zero-order chi connectivity index (χ0) is 14.9. The van der Waals surface area contributed by atoms with Gasteiger partial charge in [0.05, 0.1) is 6.20 Å². The van der Waals surface area contributed by atoms with Crippen molar-refractivity contribution >= 4 is 17.2 Å². The molecule has 0 radical (unpaired) electrons. The first-order chi connectivity index (χ1) is 10.8. The molecule has 2 aromatic rings. The van der Waals surface area contributed by atoms with E-state index in [0.717, 1.165) is 32.7 Å². The molecule has 22 heavy (non-hydrogen) atoms. The van der Waals surface area contributed by atoms with E-state index >= 15 is 0 Å². The Morgan fingerprint density at radius 2 is 2.05 bits per heavy atom. The van der Waals surface area contributed by atoms with Gasteiger partial charge in [0, 0.05) is 45.1 Å². The third-order valence-corrected chi connectivity index (χ3v) is 5.35. The summed E-state index contributed by atoms with van der Waals surface area (Å²) in [5, 5.41) is 4.35. The number of carbonyl (C=O) groups excluding carboxylic acids is 1. The van der Waals surface area contributed by atoms with Crippen LogP contribution in [-0.2, 0) is 6.54 Å². The predicted octanol–water partition coefficient (Wildman–Crippen LogP) is 1.74. The van der Waals surface area contributed by atoms with E-state index in [1.807, 2.05) is 4.90 Å². The van der Waals surface area contributed by atoms with E-state index in [-0.39, 0.29) is 5.91 Å². The summed E-state index contributed by atoms with van der Waals surface area (Å²) >= 11 is 1.75. The highest BCUT2D eigenvalue weighted by Gasteiger charge is 2.41. The number of fused-ring (bicyclic) bond motifs is 1. The first-order valence-electron chi connectivity index (χ1n) is 7.58. The molecule has 5 nitrogen and oxygen atoms in total. The molecule has 0 N–H and O–H groups in total. The van der Waals surface area contributed by atoms with Crippen LogP contribution in [0, 0.1) is 11.8 Å². The zero-order valence-corrected chi connectivity index (χ0v) is 13.1. The van der Waals surface area contributed by atoms with Crippen LogP contribution in [0.3, 0.4) is 0 Å². The van der Waals surface area contributed by atoms with Gasteiger partial charge in [0.25, 0.3) is 5.91 Å². The average Bonchev–Trinajstić information content (AvgIpc) is 3.24. The van der Waals surface area contributed by atoms with Gasteiger partial charge in [0.2, 0.25) is 0 Å². The minimum atomic E-state index is 0.0203. The quantitative estimate of drug-likeness (QED) is 0.866. The van der Waals surface area contributed by atoms with Crippen LogP contribution < -0.4 is 0 Å². The van der Waals surface area contributed by atoms with Gasteiger partial charge in [-0.3, -0.25) is 14.7 Å². The van der Waals surface area contributed by atoms with Crippen molar-refractivity contribution < 1.29 is 4.79 Å². The number of hydrogen-bond donors (Lipinski definition) is 0. The van der Waals surface area contributed by atoms with Crippen LogP contribution >= 0.6 is 11.3 Å². The lowest BCUT2D eigenvalue weighted by Crippen LogP contribution is -2.33. The van der Waals surface area contributed by atoms with Crippen molar-refractivity contribution in [1.29, 1.82) is 0 Å². The lowest BCUT2D eigenvalue weighted by Gasteiger charge is -2.21. The molecule has 4 heterocycles. The average molecular weight is 314 g/mol. The van der Waals surface area contributed by atoms with Gasteiger partial charge in [-0.15, -0.1) is 0 Å². The van der Waals surface area contributed by atoms with Crippen LogP contribution in [0.1, 0.15) is 16.1 Å². The van der Waals surface area contributed by atoms with Crippen LogP contribution in [0.4, 0.5) is 0 Å². The fourth-order valence-corrected chi connectivity index (χ4v) is 4.26. The predicted molar refractivity (Wildman–Crippen MR) is 84.5 cm³/mol. The Labute approximate surface area is 133 Å².